The van der Waals surface area contributed by atoms with Crippen LogP contribution in [-0.2, 0) is 0 Å². The van der Waals surface area contributed by atoms with Gasteiger partial charge < -0.3 is 14.5 Å². The molecule has 2 aromatic rings. The number of halogens is 3. The first-order chi connectivity index (χ1) is 14.2. The molecule has 1 amide bonds. The number of para-hydroxylation sites is 1. The van der Waals surface area contributed by atoms with Crippen LogP contribution in [0.5, 0.6) is 5.75 Å². The first kappa shape index (κ1) is 20.4. The van der Waals surface area contributed by atoms with E-state index in [1.54, 1.807) is 17.0 Å². The van der Waals surface area contributed by atoms with Gasteiger partial charge in [0.2, 0.25) is 5.95 Å². The van der Waals surface area contributed by atoms with Crippen molar-refractivity contribution in [1.29, 1.82) is 0 Å². The number of fused-ring (bicyclic) bond motifs is 3. The summed E-state index contributed by atoms with van der Waals surface area (Å²) >= 11 is 0. The Hall–Kier alpha value is -2.84. The van der Waals surface area contributed by atoms with Crippen LogP contribution in [0.25, 0.3) is 0 Å². The summed E-state index contributed by atoms with van der Waals surface area (Å²) in [5.41, 5.74) is 1.94. The van der Waals surface area contributed by atoms with Gasteiger partial charge >= 0.3 is 6.18 Å². The van der Waals surface area contributed by atoms with Crippen LogP contribution in [0.3, 0.4) is 0 Å². The third-order valence-electron chi connectivity index (χ3n) is 5.53. The van der Waals surface area contributed by atoms with Gasteiger partial charge in [0.15, 0.2) is 6.61 Å². The summed E-state index contributed by atoms with van der Waals surface area (Å²) < 4.78 is 42.6. The van der Waals surface area contributed by atoms with Crippen molar-refractivity contribution >= 4 is 11.9 Å². The van der Waals surface area contributed by atoms with E-state index in [1.807, 2.05) is 19.9 Å². The number of carbonyl (C=O) groups is 1. The predicted molar refractivity (Wildman–Crippen MR) is 105 cm³/mol. The Kier molecular flexibility index (Phi) is 5.29. The van der Waals surface area contributed by atoms with Crippen LogP contribution in [0.15, 0.2) is 30.3 Å². The number of benzene rings is 1. The van der Waals surface area contributed by atoms with Crippen molar-refractivity contribution in [1.82, 2.24) is 14.9 Å². The van der Waals surface area contributed by atoms with E-state index in [2.05, 4.69) is 14.9 Å². The third-order valence-corrected chi connectivity index (χ3v) is 5.53. The standard InChI is InChI=1S/C21H23F3N4O2/c1-13-9-14(2)26-20(25-13)28-11-15-7-8-16(28)10-27(15)19(29)17-5-3-4-6-18(17)30-12-21(22,23)24/h3-6,9,15-16H,7-8,10-12H2,1-2H3. The fourth-order valence-electron chi connectivity index (χ4n) is 4.24. The highest BCUT2D eigenvalue weighted by molar-refractivity contribution is 5.97. The first-order valence-electron chi connectivity index (χ1n) is 9.90. The van der Waals surface area contributed by atoms with Crippen molar-refractivity contribution in [3.8, 4) is 5.75 Å². The summed E-state index contributed by atoms with van der Waals surface area (Å²) in [7, 11) is 0. The number of amides is 1. The molecule has 3 aliphatic rings. The summed E-state index contributed by atoms with van der Waals surface area (Å²) in [6.45, 7) is 3.50. The normalized spacial score (nSPS) is 21.1. The van der Waals surface area contributed by atoms with E-state index in [-0.39, 0.29) is 29.3 Å². The van der Waals surface area contributed by atoms with Crippen molar-refractivity contribution in [2.24, 2.45) is 0 Å². The lowest BCUT2D eigenvalue weighted by Crippen LogP contribution is -2.64. The molecule has 1 aromatic carbocycles. The molecular weight excluding hydrogens is 397 g/mol. The highest BCUT2D eigenvalue weighted by Crippen LogP contribution is 2.34. The number of nitrogens with zero attached hydrogens (tertiary/aromatic N) is 4. The SMILES string of the molecule is Cc1cc(C)nc(N2CC3CCC2CN3C(=O)c2ccccc2OCC(F)(F)F)n1. The molecule has 3 fully saturated rings. The number of aryl methyl sites for hydroxylation is 2. The molecule has 2 atom stereocenters. The second-order valence-electron chi connectivity index (χ2n) is 7.85. The van der Waals surface area contributed by atoms with Crippen LogP contribution in [0.4, 0.5) is 19.1 Å². The van der Waals surface area contributed by atoms with Gasteiger partial charge in [0.1, 0.15) is 5.75 Å². The zero-order valence-corrected chi connectivity index (χ0v) is 16.8. The molecule has 6 nitrogen and oxygen atoms in total. The Morgan fingerprint density at radius 2 is 1.77 bits per heavy atom. The fourth-order valence-corrected chi connectivity index (χ4v) is 4.24. The number of carbonyl (C=O) groups excluding carboxylic acids is 1. The molecule has 2 bridgehead atoms. The third kappa shape index (κ3) is 4.20. The minimum Gasteiger partial charge on any atom is -0.483 e. The van der Waals surface area contributed by atoms with E-state index in [0.29, 0.717) is 19.0 Å². The maximum Gasteiger partial charge on any atom is 0.422 e. The highest BCUT2D eigenvalue weighted by atomic mass is 19.4. The van der Waals surface area contributed by atoms with Crippen LogP contribution in [0, 0.1) is 13.8 Å². The molecule has 4 heterocycles. The van der Waals surface area contributed by atoms with E-state index >= 15 is 0 Å². The van der Waals surface area contributed by atoms with Gasteiger partial charge in [-0.1, -0.05) is 12.1 Å². The van der Waals surface area contributed by atoms with Gasteiger partial charge in [-0.25, -0.2) is 9.97 Å². The number of piperazine rings is 1. The number of rotatable bonds is 4. The molecule has 9 heteroatoms. The molecule has 0 N–H and O–H groups in total. The minimum atomic E-state index is -4.47. The maximum atomic E-state index is 13.2. The summed E-state index contributed by atoms with van der Waals surface area (Å²) in [5.74, 6) is 0.322. The first-order valence-corrected chi connectivity index (χ1v) is 9.90. The van der Waals surface area contributed by atoms with E-state index in [0.717, 1.165) is 24.2 Å². The number of ether oxygens (including phenoxy) is 1. The van der Waals surface area contributed by atoms with Crippen LogP contribution in [0.1, 0.15) is 34.6 Å². The maximum absolute atomic E-state index is 13.2. The zero-order chi connectivity index (χ0) is 21.5. The van der Waals surface area contributed by atoms with Crippen molar-refractivity contribution in [3.63, 3.8) is 0 Å². The lowest BCUT2D eigenvalue weighted by atomic mass is 9.90. The van der Waals surface area contributed by atoms with E-state index in [1.165, 1.54) is 12.1 Å². The van der Waals surface area contributed by atoms with Gasteiger partial charge in [0.05, 0.1) is 5.56 Å². The van der Waals surface area contributed by atoms with Crippen molar-refractivity contribution < 1.29 is 22.7 Å². The van der Waals surface area contributed by atoms with Gasteiger partial charge in [-0.3, -0.25) is 4.79 Å². The molecule has 2 unspecified atom stereocenters. The lowest BCUT2D eigenvalue weighted by molar-refractivity contribution is -0.153. The zero-order valence-electron chi connectivity index (χ0n) is 16.8. The molecule has 5 rings (SSSR count). The molecule has 0 radical (unpaired) electrons. The molecule has 0 aliphatic carbocycles. The van der Waals surface area contributed by atoms with Crippen LogP contribution < -0.4 is 9.64 Å². The number of hydrogen-bond donors (Lipinski definition) is 0. The summed E-state index contributed by atoms with van der Waals surface area (Å²) in [5, 5.41) is 0. The molecule has 30 heavy (non-hydrogen) atoms. The van der Waals surface area contributed by atoms with Gasteiger partial charge in [-0.15, -0.1) is 0 Å². The quantitative estimate of drug-likeness (QED) is 0.758. The van der Waals surface area contributed by atoms with Crippen LogP contribution in [0.2, 0.25) is 0 Å². The largest absolute Gasteiger partial charge is 0.483 e. The van der Waals surface area contributed by atoms with Gasteiger partial charge in [0.25, 0.3) is 5.91 Å². The second kappa shape index (κ2) is 7.77. The second-order valence-corrected chi connectivity index (χ2v) is 7.85. The van der Waals surface area contributed by atoms with Crippen LogP contribution >= 0.6 is 0 Å². The average Bonchev–Trinajstić information content (AvgIpc) is 2.71. The number of aromatic nitrogens is 2. The average molecular weight is 420 g/mol. The fraction of sp³-hybridized carbons (Fsp3) is 0.476. The highest BCUT2D eigenvalue weighted by Gasteiger charge is 2.43. The van der Waals surface area contributed by atoms with Crippen molar-refractivity contribution in [3.05, 3.63) is 47.3 Å². The van der Waals surface area contributed by atoms with Gasteiger partial charge in [0, 0.05) is 36.6 Å². The Morgan fingerprint density at radius 1 is 1.10 bits per heavy atom. The van der Waals surface area contributed by atoms with E-state index in [9.17, 15) is 18.0 Å². The predicted octanol–water partition coefficient (Wildman–Crippen LogP) is 3.53. The lowest BCUT2D eigenvalue weighted by Gasteiger charge is -2.51. The number of piperidine rings is 2. The number of alkyl halides is 3. The molecule has 0 spiro atoms. The molecule has 160 valence electrons. The molecule has 1 aromatic heterocycles. The molecule has 0 saturated carbocycles. The molecular formula is C21H23F3N4O2. The van der Waals surface area contributed by atoms with Crippen LogP contribution in [-0.4, -0.2) is 58.7 Å². The summed E-state index contributed by atoms with van der Waals surface area (Å²) in [4.78, 5) is 26.2. The van der Waals surface area contributed by atoms with E-state index < -0.39 is 12.8 Å². The minimum absolute atomic E-state index is 0.0456. The van der Waals surface area contributed by atoms with E-state index in [4.69, 9.17) is 4.74 Å². The summed E-state index contributed by atoms with van der Waals surface area (Å²) in [6.07, 6.45) is -2.72. The summed E-state index contributed by atoms with van der Waals surface area (Å²) in [6, 6.07) is 8.04. The topological polar surface area (TPSA) is 58.6 Å². The monoisotopic (exact) mass is 420 g/mol. The number of hydrogen-bond acceptors (Lipinski definition) is 5. The Morgan fingerprint density at radius 3 is 2.40 bits per heavy atom. The Balaban J connectivity index is 1.53. The van der Waals surface area contributed by atoms with Crippen molar-refractivity contribution in [2.45, 2.75) is 44.9 Å². The Labute approximate surface area is 172 Å². The molecule has 3 aliphatic heterocycles. The molecule has 3 saturated heterocycles. The van der Waals surface area contributed by atoms with Gasteiger partial charge in [-0.2, -0.15) is 13.2 Å². The number of anilines is 1. The van der Waals surface area contributed by atoms with Crippen molar-refractivity contribution in [2.75, 3.05) is 24.6 Å². The smallest absolute Gasteiger partial charge is 0.422 e. The van der Waals surface area contributed by atoms with Gasteiger partial charge in [-0.05, 0) is 44.9 Å². The Bertz CT molecular complexity index is 930.